The van der Waals surface area contributed by atoms with Crippen LogP contribution in [0.3, 0.4) is 0 Å². The Labute approximate surface area is 103 Å². The molecule has 2 rings (SSSR count). The molecule has 0 saturated carbocycles. The van der Waals surface area contributed by atoms with Crippen LogP contribution in [0.15, 0.2) is 30.6 Å². The van der Waals surface area contributed by atoms with E-state index in [0.717, 1.165) is 0 Å². The second-order valence-corrected chi connectivity index (χ2v) is 4.08. The number of aryl methyl sites for hydroxylation is 1. The number of aliphatic hydroxyl groups excluding tert-OH is 1. The molecule has 1 atom stereocenters. The molecular formula is C12H12ClFN2O. The van der Waals surface area contributed by atoms with E-state index in [1.54, 1.807) is 16.9 Å². The first kappa shape index (κ1) is 12.1. The zero-order chi connectivity index (χ0) is 12.4. The van der Waals surface area contributed by atoms with Crippen molar-refractivity contribution in [2.24, 2.45) is 0 Å². The third-order valence-corrected chi connectivity index (χ3v) is 2.86. The number of aliphatic hydroxyl groups is 1. The van der Waals surface area contributed by atoms with Crippen LogP contribution in [-0.2, 0) is 6.54 Å². The monoisotopic (exact) mass is 254 g/mol. The molecule has 0 spiro atoms. The van der Waals surface area contributed by atoms with Gasteiger partial charge in [-0.3, -0.25) is 4.68 Å². The summed E-state index contributed by atoms with van der Waals surface area (Å²) in [6.45, 7) is 2.63. The molecule has 0 aliphatic rings. The SMILES string of the molecule is CCn1cc(C(O)c2cccc(Cl)c2F)cn1. The summed E-state index contributed by atoms with van der Waals surface area (Å²) in [4.78, 5) is 0. The van der Waals surface area contributed by atoms with Gasteiger partial charge in [0.05, 0.1) is 11.2 Å². The van der Waals surface area contributed by atoms with Crippen molar-refractivity contribution in [2.45, 2.75) is 19.6 Å². The lowest BCUT2D eigenvalue weighted by Gasteiger charge is -2.10. The van der Waals surface area contributed by atoms with Gasteiger partial charge < -0.3 is 5.11 Å². The zero-order valence-electron chi connectivity index (χ0n) is 9.27. The van der Waals surface area contributed by atoms with E-state index >= 15 is 0 Å². The summed E-state index contributed by atoms with van der Waals surface area (Å²) in [5, 5.41) is 14.1. The van der Waals surface area contributed by atoms with E-state index in [1.807, 2.05) is 6.92 Å². The number of hydrogen-bond donors (Lipinski definition) is 1. The summed E-state index contributed by atoms with van der Waals surface area (Å²) in [6.07, 6.45) is 2.16. The molecule has 0 aliphatic carbocycles. The Bertz CT molecular complexity index is 527. The molecule has 0 fully saturated rings. The highest BCUT2D eigenvalue weighted by Gasteiger charge is 2.18. The normalized spacial score (nSPS) is 12.7. The van der Waals surface area contributed by atoms with Crippen molar-refractivity contribution in [3.8, 4) is 0 Å². The molecule has 0 amide bonds. The van der Waals surface area contributed by atoms with Gasteiger partial charge in [-0.2, -0.15) is 5.10 Å². The minimum atomic E-state index is -1.05. The van der Waals surface area contributed by atoms with E-state index in [0.29, 0.717) is 12.1 Å². The second kappa shape index (κ2) is 4.85. The largest absolute Gasteiger partial charge is 0.383 e. The summed E-state index contributed by atoms with van der Waals surface area (Å²) in [7, 11) is 0. The fourth-order valence-corrected chi connectivity index (χ4v) is 1.79. The highest BCUT2D eigenvalue weighted by molar-refractivity contribution is 6.30. The Balaban J connectivity index is 2.36. The maximum absolute atomic E-state index is 13.7. The van der Waals surface area contributed by atoms with Crippen molar-refractivity contribution < 1.29 is 9.50 Å². The van der Waals surface area contributed by atoms with Crippen LogP contribution in [0, 0.1) is 5.82 Å². The average Bonchev–Trinajstić information content (AvgIpc) is 2.80. The zero-order valence-corrected chi connectivity index (χ0v) is 10.0. The van der Waals surface area contributed by atoms with Crippen molar-refractivity contribution in [3.05, 3.63) is 52.6 Å². The van der Waals surface area contributed by atoms with Crippen LogP contribution in [0.5, 0.6) is 0 Å². The van der Waals surface area contributed by atoms with Gasteiger partial charge >= 0.3 is 0 Å². The molecular weight excluding hydrogens is 243 g/mol. The summed E-state index contributed by atoms with van der Waals surface area (Å²) in [5.74, 6) is -0.592. The lowest BCUT2D eigenvalue weighted by Crippen LogP contribution is -2.02. The van der Waals surface area contributed by atoms with Gasteiger partial charge in [-0.1, -0.05) is 23.7 Å². The first-order valence-electron chi connectivity index (χ1n) is 5.27. The average molecular weight is 255 g/mol. The van der Waals surface area contributed by atoms with Crippen molar-refractivity contribution in [1.29, 1.82) is 0 Å². The summed E-state index contributed by atoms with van der Waals surface area (Å²) in [5.41, 5.74) is 0.709. The van der Waals surface area contributed by atoms with Crippen LogP contribution < -0.4 is 0 Å². The lowest BCUT2D eigenvalue weighted by atomic mass is 10.0. The fraction of sp³-hybridized carbons (Fsp3) is 0.250. The van der Waals surface area contributed by atoms with Crippen molar-refractivity contribution >= 4 is 11.6 Å². The van der Waals surface area contributed by atoms with Crippen LogP contribution in [0.25, 0.3) is 0 Å². The molecule has 5 heteroatoms. The van der Waals surface area contributed by atoms with Gasteiger partial charge in [0.1, 0.15) is 11.9 Å². The summed E-state index contributed by atoms with van der Waals surface area (Å²) >= 11 is 5.67. The number of rotatable bonds is 3. The Hall–Kier alpha value is -1.39. The van der Waals surface area contributed by atoms with Gasteiger partial charge in [-0.05, 0) is 13.0 Å². The van der Waals surface area contributed by atoms with Gasteiger partial charge in [-0.25, -0.2) is 4.39 Å². The van der Waals surface area contributed by atoms with Crippen LogP contribution >= 0.6 is 11.6 Å². The molecule has 17 heavy (non-hydrogen) atoms. The lowest BCUT2D eigenvalue weighted by molar-refractivity contribution is 0.215. The van der Waals surface area contributed by atoms with Crippen molar-refractivity contribution in [1.82, 2.24) is 9.78 Å². The van der Waals surface area contributed by atoms with E-state index in [4.69, 9.17) is 11.6 Å². The van der Waals surface area contributed by atoms with E-state index in [9.17, 15) is 9.50 Å². The molecule has 1 aromatic heterocycles. The fourth-order valence-electron chi connectivity index (χ4n) is 1.60. The predicted molar refractivity (Wildman–Crippen MR) is 63.4 cm³/mol. The van der Waals surface area contributed by atoms with Gasteiger partial charge in [0, 0.05) is 23.9 Å². The number of hydrogen-bond acceptors (Lipinski definition) is 2. The maximum Gasteiger partial charge on any atom is 0.147 e. The molecule has 0 aliphatic heterocycles. The van der Waals surface area contributed by atoms with Gasteiger partial charge in [0.2, 0.25) is 0 Å². The molecule has 1 unspecified atom stereocenters. The summed E-state index contributed by atoms with van der Waals surface area (Å²) < 4.78 is 15.4. The quantitative estimate of drug-likeness (QED) is 0.915. The molecule has 90 valence electrons. The van der Waals surface area contributed by atoms with E-state index < -0.39 is 11.9 Å². The van der Waals surface area contributed by atoms with Crippen LogP contribution in [0.4, 0.5) is 4.39 Å². The number of benzene rings is 1. The Kier molecular flexibility index (Phi) is 3.45. The molecule has 1 aromatic carbocycles. The minimum Gasteiger partial charge on any atom is -0.383 e. The second-order valence-electron chi connectivity index (χ2n) is 3.67. The topological polar surface area (TPSA) is 38.0 Å². The van der Waals surface area contributed by atoms with Gasteiger partial charge in [0.15, 0.2) is 0 Å². The van der Waals surface area contributed by atoms with Gasteiger partial charge in [-0.15, -0.1) is 0 Å². The third-order valence-electron chi connectivity index (χ3n) is 2.57. The van der Waals surface area contributed by atoms with Crippen molar-refractivity contribution in [3.63, 3.8) is 0 Å². The van der Waals surface area contributed by atoms with Crippen LogP contribution in [0.1, 0.15) is 24.2 Å². The molecule has 1 N–H and O–H groups in total. The van der Waals surface area contributed by atoms with E-state index in [2.05, 4.69) is 5.10 Å². The molecule has 2 aromatic rings. The Morgan fingerprint density at radius 3 is 2.94 bits per heavy atom. The summed E-state index contributed by atoms with van der Waals surface area (Å²) in [6, 6.07) is 4.56. The predicted octanol–water partition coefficient (Wildman–Crippen LogP) is 2.78. The molecule has 0 bridgehead atoms. The first-order valence-corrected chi connectivity index (χ1v) is 5.65. The van der Waals surface area contributed by atoms with Crippen molar-refractivity contribution in [2.75, 3.05) is 0 Å². The smallest absolute Gasteiger partial charge is 0.147 e. The minimum absolute atomic E-state index is 0.00410. The highest BCUT2D eigenvalue weighted by Crippen LogP contribution is 2.27. The third kappa shape index (κ3) is 2.33. The van der Waals surface area contributed by atoms with E-state index in [-0.39, 0.29) is 10.6 Å². The standard InChI is InChI=1S/C12H12ClFN2O/c1-2-16-7-8(6-15-16)12(17)9-4-3-5-10(13)11(9)14/h3-7,12,17H,2H2,1H3. The van der Waals surface area contributed by atoms with E-state index in [1.165, 1.54) is 18.3 Å². The Morgan fingerprint density at radius 2 is 2.29 bits per heavy atom. The number of halogens is 2. The number of nitrogens with zero attached hydrogens (tertiary/aromatic N) is 2. The number of aromatic nitrogens is 2. The Morgan fingerprint density at radius 1 is 1.53 bits per heavy atom. The van der Waals surface area contributed by atoms with Crippen LogP contribution in [0.2, 0.25) is 5.02 Å². The molecule has 0 saturated heterocycles. The highest BCUT2D eigenvalue weighted by atomic mass is 35.5. The first-order chi connectivity index (χ1) is 8.13. The molecule has 1 heterocycles. The van der Waals surface area contributed by atoms with Crippen LogP contribution in [-0.4, -0.2) is 14.9 Å². The molecule has 3 nitrogen and oxygen atoms in total. The van der Waals surface area contributed by atoms with Gasteiger partial charge in [0.25, 0.3) is 0 Å². The maximum atomic E-state index is 13.7. The molecule has 0 radical (unpaired) electrons.